The molecule has 7 heteroatoms. The molecule has 0 aliphatic carbocycles. The Morgan fingerprint density at radius 1 is 1.21 bits per heavy atom. The van der Waals surface area contributed by atoms with Crippen LogP contribution >= 0.6 is 0 Å². The van der Waals surface area contributed by atoms with Gasteiger partial charge in [-0.05, 0) is 18.2 Å². The molecular formula is C12H11N3O3S. The second-order valence-corrected chi connectivity index (χ2v) is 5.97. The quantitative estimate of drug-likeness (QED) is 0.887. The number of carbonyl (C=O) groups excluding carboxylic acids is 1. The fraction of sp³-hybridized carbons (Fsp3) is 0.0833. The van der Waals surface area contributed by atoms with Crippen LogP contribution < -0.4 is 5.73 Å². The maximum absolute atomic E-state index is 11.5. The molecule has 0 unspecified atom stereocenters. The number of sulfone groups is 1. The molecule has 1 amide bonds. The monoisotopic (exact) mass is 277 g/mol. The van der Waals surface area contributed by atoms with Crippen LogP contribution in [-0.2, 0) is 9.84 Å². The molecule has 0 spiro atoms. The maximum atomic E-state index is 11.5. The van der Waals surface area contributed by atoms with E-state index in [1.54, 1.807) is 12.1 Å². The van der Waals surface area contributed by atoms with E-state index < -0.39 is 15.7 Å². The molecule has 1 aromatic carbocycles. The Kier molecular flexibility index (Phi) is 3.30. The van der Waals surface area contributed by atoms with Crippen molar-refractivity contribution in [2.24, 2.45) is 5.73 Å². The molecular weight excluding hydrogens is 266 g/mol. The number of hydrogen-bond acceptors (Lipinski definition) is 5. The molecule has 0 saturated heterocycles. The van der Waals surface area contributed by atoms with Gasteiger partial charge in [0, 0.05) is 11.8 Å². The minimum Gasteiger partial charge on any atom is -0.364 e. The topological polar surface area (TPSA) is 103 Å². The van der Waals surface area contributed by atoms with Crippen molar-refractivity contribution >= 4 is 15.7 Å². The number of nitrogens with two attached hydrogens (primary N) is 1. The van der Waals surface area contributed by atoms with Gasteiger partial charge in [-0.2, -0.15) is 0 Å². The molecule has 0 fully saturated rings. The minimum atomic E-state index is -3.29. The van der Waals surface area contributed by atoms with Gasteiger partial charge in [0.1, 0.15) is 12.0 Å². The van der Waals surface area contributed by atoms with Gasteiger partial charge in [0.2, 0.25) is 0 Å². The Hall–Kier alpha value is -2.28. The van der Waals surface area contributed by atoms with E-state index in [1.165, 1.54) is 24.5 Å². The van der Waals surface area contributed by atoms with Gasteiger partial charge in [-0.25, -0.2) is 18.4 Å². The molecule has 2 aromatic rings. The maximum Gasteiger partial charge on any atom is 0.267 e. The summed E-state index contributed by atoms with van der Waals surface area (Å²) in [5.74, 6) is -0.664. The van der Waals surface area contributed by atoms with Crippen LogP contribution in [0.3, 0.4) is 0 Å². The molecule has 0 radical (unpaired) electrons. The first-order valence-corrected chi connectivity index (χ1v) is 7.19. The smallest absolute Gasteiger partial charge is 0.267 e. The number of primary amides is 1. The van der Waals surface area contributed by atoms with Crippen molar-refractivity contribution in [3.63, 3.8) is 0 Å². The summed E-state index contributed by atoms with van der Waals surface area (Å²) in [6.07, 6.45) is 2.34. The fourth-order valence-electron chi connectivity index (χ4n) is 1.54. The highest BCUT2D eigenvalue weighted by molar-refractivity contribution is 7.90. The highest BCUT2D eigenvalue weighted by atomic mass is 32.2. The average molecular weight is 277 g/mol. The summed E-state index contributed by atoms with van der Waals surface area (Å²) in [5, 5.41) is 0. The third-order valence-corrected chi connectivity index (χ3v) is 3.59. The average Bonchev–Trinajstić information content (AvgIpc) is 2.38. The Labute approximate surface area is 110 Å². The summed E-state index contributed by atoms with van der Waals surface area (Å²) in [5.41, 5.74) is 6.23. The lowest BCUT2D eigenvalue weighted by Gasteiger charge is -2.04. The van der Waals surface area contributed by atoms with Gasteiger partial charge in [0.05, 0.1) is 10.6 Å². The predicted molar refractivity (Wildman–Crippen MR) is 69.1 cm³/mol. The second kappa shape index (κ2) is 4.77. The van der Waals surface area contributed by atoms with Crippen molar-refractivity contribution in [3.8, 4) is 11.3 Å². The fourth-order valence-corrected chi connectivity index (χ4v) is 2.20. The number of hydrogen-bond donors (Lipinski definition) is 1. The van der Waals surface area contributed by atoms with Crippen molar-refractivity contribution in [2.45, 2.75) is 4.90 Å². The molecule has 2 rings (SSSR count). The van der Waals surface area contributed by atoms with Crippen molar-refractivity contribution in [2.75, 3.05) is 6.26 Å². The van der Waals surface area contributed by atoms with Crippen molar-refractivity contribution in [1.29, 1.82) is 0 Å². The van der Waals surface area contributed by atoms with E-state index in [0.29, 0.717) is 11.3 Å². The standard InChI is InChI=1S/C12H11N3O3S/c1-19(17,18)9-4-2-3-8(5-9)10-6-11(12(13)16)15-7-14-10/h2-7H,1H3,(H2,13,16). The summed E-state index contributed by atoms with van der Waals surface area (Å²) in [6, 6.07) is 7.71. The molecule has 2 N–H and O–H groups in total. The molecule has 1 heterocycles. The van der Waals surface area contributed by atoms with E-state index in [-0.39, 0.29) is 10.6 Å². The number of rotatable bonds is 3. The number of aromatic nitrogens is 2. The van der Waals surface area contributed by atoms with Crippen LogP contribution in [0.5, 0.6) is 0 Å². The lowest BCUT2D eigenvalue weighted by molar-refractivity contribution is 0.0995. The number of benzene rings is 1. The van der Waals surface area contributed by atoms with Gasteiger partial charge in [0.25, 0.3) is 5.91 Å². The third kappa shape index (κ3) is 2.94. The lowest BCUT2D eigenvalue weighted by atomic mass is 10.1. The summed E-state index contributed by atoms with van der Waals surface area (Å²) in [4.78, 5) is 19.0. The molecule has 0 aliphatic rings. The minimum absolute atomic E-state index is 0.0785. The van der Waals surface area contributed by atoms with E-state index in [9.17, 15) is 13.2 Å². The Bertz CT molecular complexity index is 741. The molecule has 0 bridgehead atoms. The van der Waals surface area contributed by atoms with E-state index >= 15 is 0 Å². The van der Waals surface area contributed by atoms with Crippen LogP contribution in [0.15, 0.2) is 41.6 Å². The number of nitrogens with zero attached hydrogens (tertiary/aromatic N) is 2. The zero-order valence-electron chi connectivity index (χ0n) is 10.1. The van der Waals surface area contributed by atoms with Gasteiger partial charge < -0.3 is 5.73 Å². The molecule has 1 aromatic heterocycles. The first-order valence-electron chi connectivity index (χ1n) is 5.30. The van der Waals surface area contributed by atoms with Crippen LogP contribution in [0, 0.1) is 0 Å². The summed E-state index contributed by atoms with van der Waals surface area (Å²) in [7, 11) is -3.29. The van der Waals surface area contributed by atoms with Crippen molar-refractivity contribution < 1.29 is 13.2 Å². The Balaban J connectivity index is 2.54. The van der Waals surface area contributed by atoms with Gasteiger partial charge in [-0.15, -0.1) is 0 Å². The van der Waals surface area contributed by atoms with Crippen LogP contribution in [0.1, 0.15) is 10.5 Å². The van der Waals surface area contributed by atoms with Gasteiger partial charge >= 0.3 is 0 Å². The first-order chi connectivity index (χ1) is 8.88. The van der Waals surface area contributed by atoms with Crippen molar-refractivity contribution in [3.05, 3.63) is 42.4 Å². The van der Waals surface area contributed by atoms with Crippen LogP contribution in [0.4, 0.5) is 0 Å². The Morgan fingerprint density at radius 3 is 2.58 bits per heavy atom. The number of amides is 1. The molecule has 6 nitrogen and oxygen atoms in total. The molecule has 0 saturated carbocycles. The van der Waals surface area contributed by atoms with E-state index in [2.05, 4.69) is 9.97 Å². The Morgan fingerprint density at radius 2 is 1.95 bits per heavy atom. The largest absolute Gasteiger partial charge is 0.364 e. The SMILES string of the molecule is CS(=O)(=O)c1cccc(-c2cc(C(N)=O)ncn2)c1. The zero-order chi connectivity index (χ0) is 14.0. The summed E-state index contributed by atoms with van der Waals surface area (Å²) < 4.78 is 23.0. The molecule has 98 valence electrons. The molecule has 0 aliphatic heterocycles. The second-order valence-electron chi connectivity index (χ2n) is 3.95. The highest BCUT2D eigenvalue weighted by Crippen LogP contribution is 2.20. The first kappa shape index (κ1) is 13.2. The van der Waals surface area contributed by atoms with E-state index in [1.807, 2.05) is 0 Å². The van der Waals surface area contributed by atoms with E-state index in [4.69, 9.17) is 5.73 Å². The van der Waals surface area contributed by atoms with Gasteiger partial charge in [-0.3, -0.25) is 4.79 Å². The van der Waals surface area contributed by atoms with Crippen molar-refractivity contribution in [1.82, 2.24) is 9.97 Å². The van der Waals surface area contributed by atoms with Crippen LogP contribution in [0.2, 0.25) is 0 Å². The molecule has 0 atom stereocenters. The summed E-state index contributed by atoms with van der Waals surface area (Å²) >= 11 is 0. The van der Waals surface area contributed by atoms with Gasteiger partial charge in [-0.1, -0.05) is 12.1 Å². The lowest BCUT2D eigenvalue weighted by Crippen LogP contribution is -2.13. The summed E-state index contributed by atoms with van der Waals surface area (Å²) in [6.45, 7) is 0. The zero-order valence-corrected chi connectivity index (χ0v) is 10.9. The normalized spacial score (nSPS) is 11.2. The number of carbonyl (C=O) groups is 1. The predicted octanol–water partition coefficient (Wildman–Crippen LogP) is 0.646. The molecule has 19 heavy (non-hydrogen) atoms. The highest BCUT2D eigenvalue weighted by Gasteiger charge is 2.10. The third-order valence-electron chi connectivity index (χ3n) is 2.48. The van der Waals surface area contributed by atoms with E-state index in [0.717, 1.165) is 6.26 Å². The van der Waals surface area contributed by atoms with Gasteiger partial charge in [0.15, 0.2) is 9.84 Å². The van der Waals surface area contributed by atoms with Crippen LogP contribution in [0.25, 0.3) is 11.3 Å². The van der Waals surface area contributed by atoms with Crippen LogP contribution in [-0.4, -0.2) is 30.5 Å².